The largest absolute Gasteiger partial charge is 0.361 e. The molecule has 92 valence electrons. The molecule has 1 N–H and O–H groups in total. The third-order valence-corrected chi connectivity index (χ3v) is 4.22. The number of nitrogens with one attached hydrogen (secondary N) is 1. The van der Waals surface area contributed by atoms with E-state index in [-0.39, 0.29) is 0 Å². The SMILES string of the molecule is Cc1onc(C2[C@H]3CNC[C@@H]23)c1-c1ccccn1. The van der Waals surface area contributed by atoms with Crippen LogP contribution in [0.3, 0.4) is 0 Å². The van der Waals surface area contributed by atoms with Gasteiger partial charge in [-0.25, -0.2) is 0 Å². The van der Waals surface area contributed by atoms with Gasteiger partial charge in [-0.2, -0.15) is 0 Å². The Labute approximate surface area is 105 Å². The third kappa shape index (κ3) is 1.35. The minimum absolute atomic E-state index is 0.570. The van der Waals surface area contributed by atoms with Gasteiger partial charge >= 0.3 is 0 Å². The molecule has 1 saturated heterocycles. The maximum absolute atomic E-state index is 5.41. The number of piperidine rings is 1. The molecule has 0 spiro atoms. The Bertz CT molecular complexity index is 568. The summed E-state index contributed by atoms with van der Waals surface area (Å²) in [7, 11) is 0. The fourth-order valence-electron chi connectivity index (χ4n) is 3.26. The highest BCUT2D eigenvalue weighted by Crippen LogP contribution is 2.57. The molecule has 2 aliphatic rings. The van der Waals surface area contributed by atoms with Gasteiger partial charge in [-0.05, 0) is 44.0 Å². The minimum Gasteiger partial charge on any atom is -0.361 e. The van der Waals surface area contributed by atoms with Gasteiger partial charge in [0.15, 0.2) is 0 Å². The molecule has 18 heavy (non-hydrogen) atoms. The van der Waals surface area contributed by atoms with Gasteiger partial charge in [-0.1, -0.05) is 11.2 Å². The van der Waals surface area contributed by atoms with E-state index in [2.05, 4.69) is 15.5 Å². The van der Waals surface area contributed by atoms with Crippen molar-refractivity contribution in [2.45, 2.75) is 12.8 Å². The quantitative estimate of drug-likeness (QED) is 0.873. The molecule has 1 unspecified atom stereocenters. The molecule has 2 aromatic heterocycles. The molecule has 3 atom stereocenters. The van der Waals surface area contributed by atoms with Crippen molar-refractivity contribution in [3.8, 4) is 11.3 Å². The number of aromatic nitrogens is 2. The van der Waals surface area contributed by atoms with Gasteiger partial charge in [-0.15, -0.1) is 0 Å². The van der Waals surface area contributed by atoms with Crippen LogP contribution in [0, 0.1) is 18.8 Å². The van der Waals surface area contributed by atoms with Gasteiger partial charge < -0.3 is 9.84 Å². The lowest BCUT2D eigenvalue weighted by Gasteiger charge is -2.04. The second kappa shape index (κ2) is 3.65. The van der Waals surface area contributed by atoms with Gasteiger partial charge in [-0.3, -0.25) is 4.98 Å². The third-order valence-electron chi connectivity index (χ3n) is 4.22. The fourth-order valence-corrected chi connectivity index (χ4v) is 3.26. The Morgan fingerprint density at radius 3 is 2.83 bits per heavy atom. The van der Waals surface area contributed by atoms with Crippen molar-refractivity contribution < 1.29 is 4.52 Å². The first-order valence-corrected chi connectivity index (χ1v) is 6.44. The average molecular weight is 241 g/mol. The first-order chi connectivity index (χ1) is 8.86. The normalized spacial score (nSPS) is 29.3. The van der Waals surface area contributed by atoms with Crippen LogP contribution in [0.5, 0.6) is 0 Å². The number of nitrogens with zero attached hydrogens (tertiary/aromatic N) is 2. The van der Waals surface area contributed by atoms with Crippen molar-refractivity contribution in [3.05, 3.63) is 35.9 Å². The van der Waals surface area contributed by atoms with Crippen molar-refractivity contribution in [1.82, 2.24) is 15.5 Å². The molecule has 1 aliphatic heterocycles. The molecule has 1 aliphatic carbocycles. The number of aryl methyl sites for hydroxylation is 1. The van der Waals surface area contributed by atoms with E-state index >= 15 is 0 Å². The summed E-state index contributed by atoms with van der Waals surface area (Å²) in [5.41, 5.74) is 3.20. The molecular weight excluding hydrogens is 226 g/mol. The zero-order chi connectivity index (χ0) is 12.1. The van der Waals surface area contributed by atoms with Crippen molar-refractivity contribution in [2.24, 2.45) is 11.8 Å². The molecule has 4 nitrogen and oxygen atoms in total. The Kier molecular flexibility index (Phi) is 2.08. The van der Waals surface area contributed by atoms with Gasteiger partial charge in [0.1, 0.15) is 5.76 Å². The Morgan fingerprint density at radius 2 is 2.11 bits per heavy atom. The van der Waals surface area contributed by atoms with E-state index in [1.165, 1.54) is 0 Å². The molecule has 0 radical (unpaired) electrons. The summed E-state index contributed by atoms with van der Waals surface area (Å²) >= 11 is 0. The van der Waals surface area contributed by atoms with Crippen molar-refractivity contribution in [3.63, 3.8) is 0 Å². The molecule has 2 fully saturated rings. The van der Waals surface area contributed by atoms with Crippen molar-refractivity contribution >= 4 is 0 Å². The second-order valence-electron chi connectivity index (χ2n) is 5.23. The van der Waals surface area contributed by atoms with Crippen LogP contribution in [-0.4, -0.2) is 23.2 Å². The summed E-state index contributed by atoms with van der Waals surface area (Å²) in [5, 5.41) is 7.71. The first kappa shape index (κ1) is 10.3. The fraction of sp³-hybridized carbons (Fsp3) is 0.429. The number of hydrogen-bond donors (Lipinski definition) is 1. The number of hydrogen-bond acceptors (Lipinski definition) is 4. The Morgan fingerprint density at radius 1 is 1.28 bits per heavy atom. The van der Waals surface area contributed by atoms with Crippen LogP contribution in [-0.2, 0) is 0 Å². The summed E-state index contributed by atoms with van der Waals surface area (Å²) < 4.78 is 5.41. The van der Waals surface area contributed by atoms with E-state index in [4.69, 9.17) is 4.52 Å². The van der Waals surface area contributed by atoms with E-state index in [9.17, 15) is 0 Å². The van der Waals surface area contributed by atoms with Crippen LogP contribution in [0.2, 0.25) is 0 Å². The molecule has 4 heteroatoms. The molecule has 1 saturated carbocycles. The van der Waals surface area contributed by atoms with E-state index in [0.29, 0.717) is 5.92 Å². The molecule has 2 aromatic rings. The zero-order valence-corrected chi connectivity index (χ0v) is 10.3. The Balaban J connectivity index is 1.77. The second-order valence-corrected chi connectivity index (χ2v) is 5.23. The topological polar surface area (TPSA) is 51.0 Å². The number of fused-ring (bicyclic) bond motifs is 1. The van der Waals surface area contributed by atoms with Crippen LogP contribution in [0.25, 0.3) is 11.3 Å². The van der Waals surface area contributed by atoms with Crippen LogP contribution in [0.4, 0.5) is 0 Å². The van der Waals surface area contributed by atoms with E-state index in [1.54, 1.807) is 0 Å². The van der Waals surface area contributed by atoms with Gasteiger partial charge in [0, 0.05) is 12.1 Å². The summed E-state index contributed by atoms with van der Waals surface area (Å²) in [6.45, 7) is 4.20. The highest BCUT2D eigenvalue weighted by Gasteiger charge is 2.56. The molecular formula is C14H15N3O. The molecule has 0 aromatic carbocycles. The summed E-state index contributed by atoms with van der Waals surface area (Å²) in [4.78, 5) is 4.43. The summed E-state index contributed by atoms with van der Waals surface area (Å²) in [5.74, 6) is 2.94. The smallest absolute Gasteiger partial charge is 0.143 e. The number of rotatable bonds is 2. The maximum Gasteiger partial charge on any atom is 0.143 e. The molecule has 4 rings (SSSR count). The average Bonchev–Trinajstić information content (AvgIpc) is 2.79. The van der Waals surface area contributed by atoms with Crippen LogP contribution in [0.1, 0.15) is 17.4 Å². The lowest BCUT2D eigenvalue weighted by atomic mass is 10.0. The predicted molar refractivity (Wildman–Crippen MR) is 67.1 cm³/mol. The van der Waals surface area contributed by atoms with Crippen molar-refractivity contribution in [1.29, 1.82) is 0 Å². The predicted octanol–water partition coefficient (Wildman–Crippen LogP) is 1.98. The summed E-state index contributed by atoms with van der Waals surface area (Å²) in [6.07, 6.45) is 1.82. The molecule has 0 bridgehead atoms. The van der Waals surface area contributed by atoms with Crippen LogP contribution >= 0.6 is 0 Å². The molecule has 3 heterocycles. The monoisotopic (exact) mass is 241 g/mol. The standard InChI is InChI=1S/C14H15N3O/c1-8-12(11-4-2-3-5-16-11)14(17-18-8)13-9-6-15-7-10(9)13/h2-5,9-10,13,15H,6-7H2,1H3/t9-,10+,13?. The first-order valence-electron chi connectivity index (χ1n) is 6.44. The van der Waals surface area contributed by atoms with Gasteiger partial charge in [0.25, 0.3) is 0 Å². The van der Waals surface area contributed by atoms with Gasteiger partial charge in [0.2, 0.25) is 0 Å². The maximum atomic E-state index is 5.41. The summed E-state index contributed by atoms with van der Waals surface area (Å²) in [6, 6.07) is 5.97. The Hall–Kier alpha value is -1.68. The van der Waals surface area contributed by atoms with Crippen molar-refractivity contribution in [2.75, 3.05) is 13.1 Å². The van der Waals surface area contributed by atoms with Crippen LogP contribution in [0.15, 0.2) is 28.9 Å². The van der Waals surface area contributed by atoms with E-state index < -0.39 is 0 Å². The minimum atomic E-state index is 0.570. The number of pyridine rings is 1. The lowest BCUT2D eigenvalue weighted by molar-refractivity contribution is 0.388. The van der Waals surface area contributed by atoms with Gasteiger partial charge in [0.05, 0.1) is 17.0 Å². The van der Waals surface area contributed by atoms with Crippen LogP contribution < -0.4 is 5.32 Å². The highest BCUT2D eigenvalue weighted by atomic mass is 16.5. The van der Waals surface area contributed by atoms with E-state index in [1.807, 2.05) is 31.3 Å². The lowest BCUT2D eigenvalue weighted by Crippen LogP contribution is -2.14. The highest BCUT2D eigenvalue weighted by molar-refractivity contribution is 5.65. The molecule has 0 amide bonds. The van der Waals surface area contributed by atoms with E-state index in [0.717, 1.165) is 47.6 Å². The zero-order valence-electron chi connectivity index (χ0n) is 10.3.